The van der Waals surface area contributed by atoms with Gasteiger partial charge in [0, 0.05) is 21.7 Å². The van der Waals surface area contributed by atoms with E-state index in [1.807, 2.05) is 0 Å². The maximum Gasteiger partial charge on any atom is 0 e. The fourth-order valence-corrected chi connectivity index (χ4v) is 1.52. The van der Waals surface area contributed by atoms with Crippen molar-refractivity contribution >= 4 is 35.6 Å². The van der Waals surface area contributed by atoms with Gasteiger partial charge in [-0.2, -0.15) is 6.07 Å². The van der Waals surface area contributed by atoms with Crippen molar-refractivity contribution in [1.82, 2.24) is 0 Å². The van der Waals surface area contributed by atoms with Gasteiger partial charge < -0.3 is 0 Å². The van der Waals surface area contributed by atoms with E-state index in [4.69, 9.17) is 0 Å². The van der Waals surface area contributed by atoms with E-state index in [1.165, 1.54) is 16.3 Å². The smallest absolute Gasteiger partial charge is 0 e. The first-order valence-corrected chi connectivity index (χ1v) is 4.05. The third-order valence-electron chi connectivity index (χ3n) is 2.15. The first kappa shape index (κ1) is 16.6. The number of halogens is 2. The minimum Gasteiger partial charge on any atom is -0.168 e. The quantitative estimate of drug-likeness (QED) is 0.540. The first-order chi connectivity index (χ1) is 5.42. The van der Waals surface area contributed by atoms with Crippen LogP contribution in [0.1, 0.15) is 12.5 Å². The van der Waals surface area contributed by atoms with Crippen LogP contribution in [0.25, 0.3) is 10.8 Å². The summed E-state index contributed by atoms with van der Waals surface area (Å²) in [5.41, 5.74) is 1.46. The summed E-state index contributed by atoms with van der Waals surface area (Å²) in [6.45, 7) is 2.20. The van der Waals surface area contributed by atoms with E-state index in [0.717, 1.165) is 6.42 Å². The van der Waals surface area contributed by atoms with Gasteiger partial charge in [0.05, 0.1) is 0 Å². The second-order valence-corrected chi connectivity index (χ2v) is 2.80. The average Bonchev–Trinajstić information content (AvgIpc) is 2.47. The maximum atomic E-state index is 2.21. The van der Waals surface area contributed by atoms with E-state index in [2.05, 4.69) is 43.3 Å². The van der Waals surface area contributed by atoms with E-state index >= 15 is 0 Å². The third kappa shape index (κ3) is 3.07. The summed E-state index contributed by atoms with van der Waals surface area (Å²) in [4.78, 5) is 0. The molecule has 14 heavy (non-hydrogen) atoms. The van der Waals surface area contributed by atoms with E-state index in [1.54, 1.807) is 0 Å². The van der Waals surface area contributed by atoms with Gasteiger partial charge in [-0.05, 0) is 0 Å². The van der Waals surface area contributed by atoms with Crippen LogP contribution < -0.4 is 0 Å². The van der Waals surface area contributed by atoms with Crippen LogP contribution >= 0.6 is 24.8 Å². The summed E-state index contributed by atoms with van der Waals surface area (Å²) in [7, 11) is 0. The van der Waals surface area contributed by atoms with Gasteiger partial charge in [-0.25, -0.2) is 0 Å². The number of benzene rings is 1. The molecule has 0 saturated carbocycles. The van der Waals surface area contributed by atoms with Crippen LogP contribution in [0.4, 0.5) is 0 Å². The van der Waals surface area contributed by atoms with Crippen LogP contribution in [0.3, 0.4) is 0 Å². The van der Waals surface area contributed by atoms with E-state index in [0.29, 0.717) is 0 Å². The van der Waals surface area contributed by atoms with Gasteiger partial charge in [-0.15, -0.1) is 65.4 Å². The zero-order valence-corrected chi connectivity index (χ0v) is 11.2. The number of aryl methyl sites for hydroxylation is 1. The zero-order valence-electron chi connectivity index (χ0n) is 7.99. The Morgan fingerprint density at radius 1 is 1.07 bits per heavy atom. The molecular weight excluding hydrogens is 251 g/mol. The fraction of sp³-hybridized carbons (Fsp3) is 0.182. The summed E-state index contributed by atoms with van der Waals surface area (Å²) in [6.07, 6.45) is 1.13. The van der Waals surface area contributed by atoms with E-state index in [-0.39, 0.29) is 46.5 Å². The average molecular weight is 264 g/mol. The molecule has 0 fully saturated rings. The van der Waals surface area contributed by atoms with E-state index < -0.39 is 0 Å². The van der Waals surface area contributed by atoms with Gasteiger partial charge in [0.1, 0.15) is 0 Å². The van der Waals surface area contributed by atoms with Gasteiger partial charge in [0.15, 0.2) is 0 Å². The van der Waals surface area contributed by atoms with Crippen LogP contribution in [0.5, 0.6) is 0 Å². The molecular formula is C11H13Cl2Ti-. The Morgan fingerprint density at radius 2 is 1.71 bits per heavy atom. The van der Waals surface area contributed by atoms with Crippen LogP contribution in [-0.4, -0.2) is 0 Å². The minimum absolute atomic E-state index is 0. The summed E-state index contributed by atoms with van der Waals surface area (Å²) < 4.78 is 0. The zero-order chi connectivity index (χ0) is 7.68. The van der Waals surface area contributed by atoms with Gasteiger partial charge >= 0.3 is 0 Å². The molecule has 0 atom stereocenters. The van der Waals surface area contributed by atoms with Gasteiger partial charge in [0.2, 0.25) is 0 Å². The van der Waals surface area contributed by atoms with Crippen LogP contribution in [0.2, 0.25) is 0 Å². The van der Waals surface area contributed by atoms with Gasteiger partial charge in [-0.3, -0.25) is 0 Å². The van der Waals surface area contributed by atoms with Crippen molar-refractivity contribution < 1.29 is 21.7 Å². The van der Waals surface area contributed by atoms with Crippen molar-refractivity contribution in [3.05, 3.63) is 42.0 Å². The topological polar surface area (TPSA) is 0 Å². The van der Waals surface area contributed by atoms with Crippen LogP contribution in [0.15, 0.2) is 36.4 Å². The molecule has 0 aromatic heterocycles. The third-order valence-corrected chi connectivity index (χ3v) is 2.15. The standard InChI is InChI=1S/C11H11.2ClH.Ti/c1-2-9-7-8-10-5-3-4-6-11(9)10;;;/h3-8H,2H2,1H3;2*1H;/q-1;;;. The van der Waals surface area contributed by atoms with Crippen molar-refractivity contribution in [2.24, 2.45) is 0 Å². The molecule has 2 aromatic carbocycles. The number of rotatable bonds is 1. The molecule has 2 aromatic rings. The largest absolute Gasteiger partial charge is 0.168 e. The second-order valence-electron chi connectivity index (χ2n) is 2.80. The molecule has 0 saturated heterocycles. The number of hydrogen-bond donors (Lipinski definition) is 0. The Morgan fingerprint density at radius 3 is 2.36 bits per heavy atom. The molecule has 0 bridgehead atoms. The van der Waals surface area contributed by atoms with E-state index in [9.17, 15) is 0 Å². The normalized spacial score (nSPS) is 8.36. The summed E-state index contributed by atoms with van der Waals surface area (Å²) in [5.74, 6) is 0. The predicted octanol–water partition coefficient (Wildman–Crippen LogP) is 3.96. The Labute approximate surface area is 112 Å². The van der Waals surface area contributed by atoms with Crippen molar-refractivity contribution in [2.75, 3.05) is 0 Å². The molecule has 0 nitrogen and oxygen atoms in total. The van der Waals surface area contributed by atoms with Crippen molar-refractivity contribution in [3.63, 3.8) is 0 Å². The number of fused-ring (bicyclic) bond motifs is 1. The molecule has 0 heterocycles. The number of hydrogen-bond acceptors (Lipinski definition) is 0. The predicted molar refractivity (Wildman–Crippen MR) is 63.4 cm³/mol. The fourth-order valence-electron chi connectivity index (χ4n) is 1.52. The monoisotopic (exact) mass is 263 g/mol. The molecule has 0 spiro atoms. The first-order valence-electron chi connectivity index (χ1n) is 4.05. The minimum atomic E-state index is 0. The Bertz CT molecular complexity index is 368. The van der Waals surface area contributed by atoms with Crippen LogP contribution in [0, 0.1) is 0 Å². The molecule has 0 unspecified atom stereocenters. The van der Waals surface area contributed by atoms with Crippen LogP contribution in [-0.2, 0) is 28.1 Å². The molecule has 0 aliphatic rings. The summed E-state index contributed by atoms with van der Waals surface area (Å²) in [6, 6.07) is 12.9. The summed E-state index contributed by atoms with van der Waals surface area (Å²) >= 11 is 0. The Hall–Kier alpha value is 0.124. The van der Waals surface area contributed by atoms with Gasteiger partial charge in [0.25, 0.3) is 0 Å². The Kier molecular flexibility index (Phi) is 8.77. The molecule has 76 valence electrons. The molecule has 0 aliphatic carbocycles. The molecule has 0 amide bonds. The maximum absolute atomic E-state index is 2.21. The molecule has 2 rings (SSSR count). The SMILES string of the molecule is CC[c-]1ccc2ccccc21.Cl.Cl.[Ti]. The molecule has 3 heteroatoms. The molecule has 0 aliphatic heterocycles. The molecule has 0 N–H and O–H groups in total. The second kappa shape index (κ2) is 7.42. The van der Waals surface area contributed by atoms with Gasteiger partial charge in [-0.1, -0.05) is 19.4 Å². The summed E-state index contributed by atoms with van der Waals surface area (Å²) in [5, 5.41) is 2.78. The van der Waals surface area contributed by atoms with Crippen molar-refractivity contribution in [2.45, 2.75) is 13.3 Å². The van der Waals surface area contributed by atoms with Crippen molar-refractivity contribution in [3.8, 4) is 0 Å². The Balaban J connectivity index is 0. The molecule has 0 radical (unpaired) electrons. The van der Waals surface area contributed by atoms with Crippen molar-refractivity contribution in [1.29, 1.82) is 0 Å².